The molecule has 0 radical (unpaired) electrons. The van der Waals surface area contributed by atoms with Crippen molar-refractivity contribution in [3.63, 3.8) is 0 Å². The predicted octanol–water partition coefficient (Wildman–Crippen LogP) is 3.73. The molecule has 1 amide bonds. The van der Waals surface area contributed by atoms with E-state index in [9.17, 15) is 9.59 Å². The fraction of sp³-hybridized carbons (Fsp3) is 0.250. The van der Waals surface area contributed by atoms with Crippen molar-refractivity contribution < 1.29 is 28.5 Å². The zero-order valence-electron chi connectivity index (χ0n) is 19.6. The van der Waals surface area contributed by atoms with Gasteiger partial charge in [0.25, 0.3) is 5.91 Å². The Balaban J connectivity index is 1.54. The number of nitrogens with one attached hydrogen (secondary N) is 2. The maximum absolute atomic E-state index is 12.3. The Hall–Kier alpha value is -4.12. The number of hydrazone groups is 1. The molecule has 2 N–H and O–H groups in total. The molecule has 0 bridgehead atoms. The van der Waals surface area contributed by atoms with E-state index < -0.39 is 0 Å². The van der Waals surface area contributed by atoms with Gasteiger partial charge in [0.1, 0.15) is 5.75 Å². The Morgan fingerprint density at radius 3 is 2.66 bits per heavy atom. The summed E-state index contributed by atoms with van der Waals surface area (Å²) >= 11 is 1.33. The standard InChI is InChI=1S/C24H26N4O6S/c1-4-33-23(30)12-17-15-35-24(26-17)28-25-13-16-9-10-20(21(11-16)32-3)34-14-22(29)27-18-7-5-6-8-19(18)31-2/h5-11,13,15H,4,12,14H2,1-3H3,(H,26,28)(H,27,29). The lowest BCUT2D eigenvalue weighted by Crippen LogP contribution is -2.20. The molecular weight excluding hydrogens is 472 g/mol. The molecule has 0 atom stereocenters. The Labute approximate surface area is 206 Å². The summed E-state index contributed by atoms with van der Waals surface area (Å²) in [6.45, 7) is 1.89. The van der Waals surface area contributed by atoms with Crippen LogP contribution >= 0.6 is 11.3 Å². The van der Waals surface area contributed by atoms with E-state index in [0.29, 0.717) is 40.4 Å². The molecule has 3 aromatic rings. The molecule has 35 heavy (non-hydrogen) atoms. The van der Waals surface area contributed by atoms with Gasteiger partial charge in [-0.05, 0) is 42.8 Å². The fourth-order valence-corrected chi connectivity index (χ4v) is 3.58. The summed E-state index contributed by atoms with van der Waals surface area (Å²) in [6.07, 6.45) is 1.71. The van der Waals surface area contributed by atoms with Crippen LogP contribution in [0, 0.1) is 0 Å². The van der Waals surface area contributed by atoms with Crippen LogP contribution in [0.4, 0.5) is 10.8 Å². The maximum atomic E-state index is 12.3. The quantitative estimate of drug-likeness (QED) is 0.220. The zero-order chi connectivity index (χ0) is 25.0. The molecule has 10 nitrogen and oxygen atoms in total. The summed E-state index contributed by atoms with van der Waals surface area (Å²) in [6, 6.07) is 12.3. The van der Waals surface area contributed by atoms with Gasteiger partial charge in [0.2, 0.25) is 5.13 Å². The molecule has 3 rings (SSSR count). The van der Waals surface area contributed by atoms with E-state index in [0.717, 1.165) is 5.56 Å². The normalized spacial score (nSPS) is 10.6. The first-order valence-electron chi connectivity index (χ1n) is 10.6. The highest BCUT2D eigenvalue weighted by Crippen LogP contribution is 2.28. The second-order valence-corrected chi connectivity index (χ2v) is 7.80. The molecule has 0 saturated carbocycles. The maximum Gasteiger partial charge on any atom is 0.311 e. The summed E-state index contributed by atoms with van der Waals surface area (Å²) in [5.41, 5.74) is 4.75. The second-order valence-electron chi connectivity index (χ2n) is 6.94. The van der Waals surface area contributed by atoms with Crippen LogP contribution in [0.15, 0.2) is 52.9 Å². The minimum Gasteiger partial charge on any atom is -0.495 e. The molecule has 0 aliphatic heterocycles. The smallest absolute Gasteiger partial charge is 0.311 e. The van der Waals surface area contributed by atoms with Crippen molar-refractivity contribution in [2.75, 3.05) is 38.2 Å². The van der Waals surface area contributed by atoms with Gasteiger partial charge in [0.15, 0.2) is 18.1 Å². The summed E-state index contributed by atoms with van der Waals surface area (Å²) in [5.74, 6) is 0.765. The third-order valence-corrected chi connectivity index (χ3v) is 5.28. The van der Waals surface area contributed by atoms with Crippen LogP contribution in [0.25, 0.3) is 0 Å². The molecule has 0 unspecified atom stereocenters. The molecule has 0 fully saturated rings. The molecule has 0 spiro atoms. The van der Waals surface area contributed by atoms with Crippen LogP contribution in [0.3, 0.4) is 0 Å². The van der Waals surface area contributed by atoms with Crippen LogP contribution in [0.5, 0.6) is 17.2 Å². The average Bonchev–Trinajstić information content (AvgIpc) is 3.30. The number of ether oxygens (including phenoxy) is 4. The van der Waals surface area contributed by atoms with Crippen molar-refractivity contribution in [3.05, 3.63) is 59.1 Å². The largest absolute Gasteiger partial charge is 0.495 e. The number of thiazole rings is 1. The zero-order valence-corrected chi connectivity index (χ0v) is 20.4. The average molecular weight is 499 g/mol. The number of esters is 1. The molecule has 1 aromatic heterocycles. The third-order valence-electron chi connectivity index (χ3n) is 4.48. The number of carbonyl (C=O) groups is 2. The third kappa shape index (κ3) is 7.71. The summed E-state index contributed by atoms with van der Waals surface area (Å²) < 4.78 is 21.2. The Bertz CT molecular complexity index is 1180. The minimum atomic E-state index is -0.336. The van der Waals surface area contributed by atoms with Gasteiger partial charge in [0.05, 0.1) is 44.8 Å². The van der Waals surface area contributed by atoms with Crippen molar-refractivity contribution >= 4 is 40.2 Å². The van der Waals surface area contributed by atoms with E-state index in [4.69, 9.17) is 18.9 Å². The van der Waals surface area contributed by atoms with E-state index >= 15 is 0 Å². The first-order chi connectivity index (χ1) is 17.0. The number of hydrogen-bond donors (Lipinski definition) is 2. The summed E-state index contributed by atoms with van der Waals surface area (Å²) in [5, 5.41) is 9.24. The Kier molecular flexibility index (Phi) is 9.43. The number of methoxy groups -OCH3 is 2. The van der Waals surface area contributed by atoms with E-state index in [1.54, 1.807) is 54.9 Å². The first kappa shape index (κ1) is 25.5. The SMILES string of the molecule is CCOC(=O)Cc1csc(NN=Cc2ccc(OCC(=O)Nc3ccccc3OC)c(OC)c2)n1. The number of nitrogens with zero attached hydrogens (tertiary/aromatic N) is 2. The van der Waals surface area contributed by atoms with Gasteiger partial charge in [-0.1, -0.05) is 12.1 Å². The predicted molar refractivity (Wildman–Crippen MR) is 134 cm³/mol. The Morgan fingerprint density at radius 2 is 1.89 bits per heavy atom. The molecular formula is C24H26N4O6S. The Morgan fingerprint density at radius 1 is 1.09 bits per heavy atom. The van der Waals surface area contributed by atoms with Crippen LogP contribution in [-0.2, 0) is 20.7 Å². The highest BCUT2D eigenvalue weighted by Gasteiger charge is 2.11. The van der Waals surface area contributed by atoms with Crippen LogP contribution in [0.1, 0.15) is 18.2 Å². The number of amides is 1. The number of rotatable bonds is 12. The number of carbonyl (C=O) groups excluding carboxylic acids is 2. The van der Waals surface area contributed by atoms with Crippen LogP contribution in [-0.4, -0.2) is 50.5 Å². The van der Waals surface area contributed by atoms with Crippen LogP contribution in [0.2, 0.25) is 0 Å². The number of benzene rings is 2. The summed E-state index contributed by atoms with van der Waals surface area (Å²) in [7, 11) is 3.05. The molecule has 0 saturated heterocycles. The molecule has 0 aliphatic rings. The lowest BCUT2D eigenvalue weighted by Gasteiger charge is -2.12. The van der Waals surface area contributed by atoms with Crippen molar-refractivity contribution in [2.24, 2.45) is 5.10 Å². The lowest BCUT2D eigenvalue weighted by atomic mass is 10.2. The van der Waals surface area contributed by atoms with Gasteiger partial charge >= 0.3 is 5.97 Å². The van der Waals surface area contributed by atoms with Crippen molar-refractivity contribution in [1.29, 1.82) is 0 Å². The van der Waals surface area contributed by atoms with Crippen molar-refractivity contribution in [2.45, 2.75) is 13.3 Å². The lowest BCUT2D eigenvalue weighted by molar-refractivity contribution is -0.142. The van der Waals surface area contributed by atoms with Gasteiger partial charge < -0.3 is 24.3 Å². The fourth-order valence-electron chi connectivity index (χ4n) is 2.92. The molecule has 184 valence electrons. The van der Waals surface area contributed by atoms with Crippen molar-refractivity contribution in [1.82, 2.24) is 4.98 Å². The highest BCUT2D eigenvalue weighted by atomic mass is 32.1. The van der Waals surface area contributed by atoms with Gasteiger partial charge in [-0.25, -0.2) is 4.98 Å². The highest BCUT2D eigenvalue weighted by molar-refractivity contribution is 7.13. The number of para-hydroxylation sites is 2. The molecule has 0 aliphatic carbocycles. The van der Waals surface area contributed by atoms with Crippen molar-refractivity contribution in [3.8, 4) is 17.2 Å². The molecule has 11 heteroatoms. The van der Waals surface area contributed by atoms with E-state index in [1.807, 2.05) is 6.07 Å². The van der Waals surface area contributed by atoms with Gasteiger partial charge in [-0.2, -0.15) is 5.10 Å². The topological polar surface area (TPSA) is 120 Å². The van der Waals surface area contributed by atoms with Crippen LogP contribution < -0.4 is 25.0 Å². The second kappa shape index (κ2) is 12.9. The van der Waals surface area contributed by atoms with Gasteiger partial charge in [-0.15, -0.1) is 11.3 Å². The van der Waals surface area contributed by atoms with E-state index in [-0.39, 0.29) is 24.9 Å². The van der Waals surface area contributed by atoms with E-state index in [1.165, 1.54) is 25.6 Å². The van der Waals surface area contributed by atoms with Gasteiger partial charge in [-0.3, -0.25) is 15.0 Å². The molecule has 1 heterocycles. The number of hydrogen-bond acceptors (Lipinski definition) is 10. The minimum absolute atomic E-state index is 0.116. The number of aromatic nitrogens is 1. The number of anilines is 2. The summed E-state index contributed by atoms with van der Waals surface area (Å²) in [4.78, 5) is 28.1. The van der Waals surface area contributed by atoms with E-state index in [2.05, 4.69) is 20.8 Å². The van der Waals surface area contributed by atoms with Gasteiger partial charge in [0, 0.05) is 5.38 Å². The molecule has 2 aromatic carbocycles. The first-order valence-corrected chi connectivity index (χ1v) is 11.5. The monoisotopic (exact) mass is 498 g/mol.